The average Bonchev–Trinajstić information content (AvgIpc) is 3.28. The van der Waals surface area contributed by atoms with Gasteiger partial charge in [0.15, 0.2) is 0 Å². The number of fused-ring (bicyclic) bond motifs is 2. The van der Waals surface area contributed by atoms with Crippen LogP contribution in [-0.2, 0) is 22.4 Å². The summed E-state index contributed by atoms with van der Waals surface area (Å²) in [6, 6.07) is 6.11. The van der Waals surface area contributed by atoms with Gasteiger partial charge in [-0.25, -0.2) is 0 Å². The topological polar surface area (TPSA) is 66.4 Å². The van der Waals surface area contributed by atoms with Crippen molar-refractivity contribution in [2.45, 2.75) is 25.7 Å². The largest absolute Gasteiger partial charge is 0.481 e. The fourth-order valence-corrected chi connectivity index (χ4v) is 5.45. The molecule has 5 aliphatic rings. The van der Waals surface area contributed by atoms with Crippen molar-refractivity contribution in [2.75, 3.05) is 5.32 Å². The molecule has 6 rings (SSSR count). The molecule has 0 aliphatic heterocycles. The molecule has 124 valence electrons. The van der Waals surface area contributed by atoms with Crippen molar-refractivity contribution in [1.29, 1.82) is 0 Å². The first kappa shape index (κ1) is 14.3. The maximum absolute atomic E-state index is 12.9. The third-order valence-electron chi connectivity index (χ3n) is 6.61. The maximum atomic E-state index is 12.9. The van der Waals surface area contributed by atoms with Gasteiger partial charge in [0, 0.05) is 5.69 Å². The molecule has 4 heteroatoms. The monoisotopic (exact) mass is 323 g/mol. The number of anilines is 1. The first-order chi connectivity index (χ1) is 11.6. The highest BCUT2D eigenvalue weighted by Crippen LogP contribution is 2.63. The fraction of sp³-hybridized carbons (Fsp3) is 0.500. The summed E-state index contributed by atoms with van der Waals surface area (Å²) in [5, 5.41) is 12.7. The minimum Gasteiger partial charge on any atom is -0.481 e. The molecule has 0 aromatic heterocycles. The van der Waals surface area contributed by atoms with Crippen LogP contribution < -0.4 is 5.32 Å². The quantitative estimate of drug-likeness (QED) is 0.841. The van der Waals surface area contributed by atoms with Gasteiger partial charge in [-0.15, -0.1) is 0 Å². The number of carboxylic acids is 1. The molecular weight excluding hydrogens is 302 g/mol. The van der Waals surface area contributed by atoms with Crippen LogP contribution in [0, 0.1) is 35.5 Å². The molecule has 2 fully saturated rings. The highest BCUT2D eigenvalue weighted by Gasteiger charge is 2.62. The van der Waals surface area contributed by atoms with Crippen molar-refractivity contribution in [1.82, 2.24) is 0 Å². The van der Waals surface area contributed by atoms with Crippen molar-refractivity contribution in [3.8, 4) is 0 Å². The second-order valence-electron chi connectivity index (χ2n) is 7.82. The van der Waals surface area contributed by atoms with E-state index in [1.165, 1.54) is 17.5 Å². The summed E-state index contributed by atoms with van der Waals surface area (Å²) in [5.74, 6) is -0.813. The van der Waals surface area contributed by atoms with E-state index in [1.807, 2.05) is 6.07 Å². The van der Waals surface area contributed by atoms with Gasteiger partial charge in [0.05, 0.1) is 11.8 Å². The van der Waals surface area contributed by atoms with E-state index in [9.17, 15) is 14.7 Å². The number of benzene rings is 1. The van der Waals surface area contributed by atoms with E-state index in [0.717, 1.165) is 24.9 Å². The van der Waals surface area contributed by atoms with Gasteiger partial charge in [0.1, 0.15) is 0 Å². The zero-order chi connectivity index (χ0) is 16.4. The van der Waals surface area contributed by atoms with Crippen LogP contribution in [0.1, 0.15) is 24.0 Å². The smallest absolute Gasteiger partial charge is 0.307 e. The number of nitrogens with one attached hydrogen (secondary N) is 1. The number of hydrogen-bond donors (Lipinski definition) is 2. The molecule has 0 unspecified atom stereocenters. The van der Waals surface area contributed by atoms with Gasteiger partial charge in [0.25, 0.3) is 0 Å². The normalized spacial score (nSPS) is 37.7. The number of allylic oxidation sites excluding steroid dienone is 2. The minimum absolute atomic E-state index is 0.0354. The van der Waals surface area contributed by atoms with Crippen molar-refractivity contribution in [3.63, 3.8) is 0 Å². The molecule has 0 radical (unpaired) electrons. The Kier molecular flexibility index (Phi) is 2.94. The summed E-state index contributed by atoms with van der Waals surface area (Å²) in [7, 11) is 0. The van der Waals surface area contributed by atoms with Gasteiger partial charge in [-0.1, -0.05) is 18.2 Å². The van der Waals surface area contributed by atoms with Gasteiger partial charge < -0.3 is 10.4 Å². The van der Waals surface area contributed by atoms with Crippen molar-refractivity contribution < 1.29 is 14.7 Å². The summed E-state index contributed by atoms with van der Waals surface area (Å²) in [6.07, 6.45) is 8.59. The van der Waals surface area contributed by atoms with Crippen LogP contribution >= 0.6 is 0 Å². The van der Waals surface area contributed by atoms with E-state index in [-0.39, 0.29) is 17.7 Å². The second kappa shape index (κ2) is 4.95. The van der Waals surface area contributed by atoms with Crippen LogP contribution in [0.5, 0.6) is 0 Å². The van der Waals surface area contributed by atoms with E-state index in [4.69, 9.17) is 0 Å². The summed E-state index contributed by atoms with van der Waals surface area (Å²) >= 11 is 0. The molecule has 2 bridgehead atoms. The zero-order valence-electron chi connectivity index (χ0n) is 13.4. The molecule has 2 N–H and O–H groups in total. The molecule has 1 aromatic carbocycles. The molecule has 0 heterocycles. The first-order valence-electron chi connectivity index (χ1n) is 8.97. The van der Waals surface area contributed by atoms with E-state index in [1.54, 1.807) is 0 Å². The van der Waals surface area contributed by atoms with E-state index < -0.39 is 17.8 Å². The highest BCUT2D eigenvalue weighted by molar-refractivity contribution is 5.96. The van der Waals surface area contributed by atoms with Gasteiger partial charge in [-0.05, 0) is 72.6 Å². The third-order valence-corrected chi connectivity index (χ3v) is 6.61. The lowest BCUT2D eigenvalue weighted by molar-refractivity contribution is -0.152. The van der Waals surface area contributed by atoms with E-state index >= 15 is 0 Å². The van der Waals surface area contributed by atoms with Crippen LogP contribution in [0.2, 0.25) is 0 Å². The van der Waals surface area contributed by atoms with Crippen molar-refractivity contribution >= 4 is 17.6 Å². The Morgan fingerprint density at radius 3 is 2.46 bits per heavy atom. The number of hydrogen-bond acceptors (Lipinski definition) is 2. The van der Waals surface area contributed by atoms with Crippen LogP contribution in [-0.4, -0.2) is 17.0 Å². The number of carbonyl (C=O) groups excluding carboxylic acids is 1. The standard InChI is InChI=1S/C20H21NO3/c22-19(21-12-5-4-10-2-1-3-11(10)8-12)17-13-6-7-14(16-9-15(13)16)18(17)20(23)24/h4-8,13-18H,1-3,9H2,(H,21,22)(H,23,24)/t13-,14+,15+,16+,17+,18-/m0/s1. The number of aliphatic carboxylic acids is 1. The zero-order valence-corrected chi connectivity index (χ0v) is 13.4. The van der Waals surface area contributed by atoms with Crippen molar-refractivity contribution in [3.05, 3.63) is 41.5 Å². The number of aryl methyl sites for hydroxylation is 2. The highest BCUT2D eigenvalue weighted by atomic mass is 16.4. The number of amides is 1. The van der Waals surface area contributed by atoms with Crippen LogP contribution in [0.4, 0.5) is 5.69 Å². The van der Waals surface area contributed by atoms with Crippen LogP contribution in [0.3, 0.4) is 0 Å². The summed E-state index contributed by atoms with van der Waals surface area (Å²) in [6.45, 7) is 0. The fourth-order valence-electron chi connectivity index (χ4n) is 5.45. The predicted molar refractivity (Wildman–Crippen MR) is 89.4 cm³/mol. The molecule has 4 nitrogen and oxygen atoms in total. The summed E-state index contributed by atoms with van der Waals surface area (Å²) in [5.41, 5.74) is 3.49. The maximum Gasteiger partial charge on any atom is 0.307 e. The Labute approximate surface area is 140 Å². The molecular formula is C20H21NO3. The third kappa shape index (κ3) is 1.98. The van der Waals surface area contributed by atoms with E-state index in [2.05, 4.69) is 29.6 Å². The van der Waals surface area contributed by atoms with Crippen LogP contribution in [0.15, 0.2) is 30.4 Å². The minimum atomic E-state index is -0.825. The van der Waals surface area contributed by atoms with Gasteiger partial charge in [0.2, 0.25) is 5.91 Å². The molecule has 0 spiro atoms. The molecule has 6 atom stereocenters. The summed E-state index contributed by atoms with van der Waals surface area (Å²) < 4.78 is 0. The first-order valence-corrected chi connectivity index (χ1v) is 8.97. The number of rotatable bonds is 3. The SMILES string of the molecule is O=C(Nc1ccc2c(c1)CCC2)[C@@H]1[C@H]2C=C[C@H]([C@H]3C[C@H]23)[C@@H]1C(=O)O. The van der Waals surface area contributed by atoms with Gasteiger partial charge in [-0.3, -0.25) is 9.59 Å². The molecule has 0 saturated heterocycles. The number of carbonyl (C=O) groups is 2. The lowest BCUT2D eigenvalue weighted by Crippen LogP contribution is -2.48. The average molecular weight is 323 g/mol. The number of carboxylic acid groups (broad SMARTS) is 1. The lowest BCUT2D eigenvalue weighted by Gasteiger charge is -2.41. The molecule has 5 aliphatic carbocycles. The van der Waals surface area contributed by atoms with Gasteiger partial charge >= 0.3 is 5.97 Å². The summed E-state index contributed by atoms with van der Waals surface area (Å²) in [4.78, 5) is 24.7. The second-order valence-corrected chi connectivity index (χ2v) is 7.82. The Balaban J connectivity index is 1.42. The molecule has 24 heavy (non-hydrogen) atoms. The Bertz CT molecular complexity index is 768. The Morgan fingerprint density at radius 2 is 1.71 bits per heavy atom. The Hall–Kier alpha value is -2.10. The van der Waals surface area contributed by atoms with Crippen LogP contribution in [0.25, 0.3) is 0 Å². The Morgan fingerprint density at radius 1 is 1.00 bits per heavy atom. The predicted octanol–water partition coefficient (Wildman–Crippen LogP) is 2.88. The van der Waals surface area contributed by atoms with Crippen molar-refractivity contribution in [2.24, 2.45) is 35.5 Å². The molecule has 1 aromatic rings. The lowest BCUT2D eigenvalue weighted by atomic mass is 9.62. The van der Waals surface area contributed by atoms with Gasteiger partial charge in [-0.2, -0.15) is 0 Å². The van der Waals surface area contributed by atoms with E-state index in [0.29, 0.717) is 11.8 Å². The molecule has 2 saturated carbocycles. The molecule has 1 amide bonds.